The quantitative estimate of drug-likeness (QED) is 0.203. The predicted octanol–water partition coefficient (Wildman–Crippen LogP) is 1.48. The van der Waals surface area contributed by atoms with Gasteiger partial charge in [0.15, 0.2) is 5.96 Å². The van der Waals surface area contributed by atoms with Crippen molar-refractivity contribution in [2.75, 3.05) is 39.3 Å². The van der Waals surface area contributed by atoms with E-state index in [-0.39, 0.29) is 41.7 Å². The van der Waals surface area contributed by atoms with E-state index in [9.17, 15) is 9.59 Å². The van der Waals surface area contributed by atoms with Crippen LogP contribution in [0.2, 0.25) is 0 Å². The number of nitrogens with one attached hydrogen (secondary N) is 3. The zero-order chi connectivity index (χ0) is 17.9. The highest BCUT2D eigenvalue weighted by atomic mass is 127. The van der Waals surface area contributed by atoms with Gasteiger partial charge in [-0.3, -0.25) is 14.6 Å². The molecule has 0 radical (unpaired) electrons. The average molecular weight is 479 g/mol. The summed E-state index contributed by atoms with van der Waals surface area (Å²) in [5.74, 6) is 1.48. The van der Waals surface area contributed by atoms with Gasteiger partial charge in [-0.15, -0.1) is 24.0 Å². The van der Waals surface area contributed by atoms with Gasteiger partial charge in [0, 0.05) is 51.6 Å². The topological polar surface area (TPSA) is 85.8 Å². The van der Waals surface area contributed by atoms with Crippen LogP contribution in [-0.2, 0) is 9.59 Å². The first kappa shape index (κ1) is 23.0. The maximum absolute atomic E-state index is 12.0. The fraction of sp³-hybridized carbons (Fsp3) is 0.833. The minimum Gasteiger partial charge on any atom is -0.357 e. The van der Waals surface area contributed by atoms with Gasteiger partial charge >= 0.3 is 0 Å². The number of hydrogen-bond acceptors (Lipinski definition) is 3. The highest BCUT2D eigenvalue weighted by Crippen LogP contribution is 2.28. The van der Waals surface area contributed by atoms with Gasteiger partial charge in [-0.05, 0) is 39.0 Å². The Kier molecular flexibility index (Phi) is 11.6. The summed E-state index contributed by atoms with van der Waals surface area (Å²) in [4.78, 5) is 30.1. The number of likely N-dealkylation sites (tertiary alicyclic amines) is 1. The Bertz CT molecular complexity index is 468. The maximum Gasteiger partial charge on any atom is 0.223 e. The van der Waals surface area contributed by atoms with Crippen molar-refractivity contribution in [3.05, 3.63) is 0 Å². The number of hydrogen-bond donors (Lipinski definition) is 3. The van der Waals surface area contributed by atoms with Crippen LogP contribution in [0.1, 0.15) is 51.9 Å². The van der Waals surface area contributed by atoms with Crippen molar-refractivity contribution in [1.29, 1.82) is 0 Å². The molecule has 0 aromatic heterocycles. The van der Waals surface area contributed by atoms with Gasteiger partial charge in [0.2, 0.25) is 11.8 Å². The summed E-state index contributed by atoms with van der Waals surface area (Å²) in [7, 11) is 0. The predicted molar refractivity (Wildman–Crippen MR) is 115 cm³/mol. The molecule has 1 aliphatic heterocycles. The lowest BCUT2D eigenvalue weighted by atomic mass is 10.2. The minimum absolute atomic E-state index is 0. The molecule has 0 bridgehead atoms. The number of guanidine groups is 1. The molecule has 1 saturated carbocycles. The summed E-state index contributed by atoms with van der Waals surface area (Å²) in [5, 5.41) is 9.38. The smallest absolute Gasteiger partial charge is 0.223 e. The van der Waals surface area contributed by atoms with E-state index in [4.69, 9.17) is 0 Å². The lowest BCUT2D eigenvalue weighted by Gasteiger charge is -2.20. The summed E-state index contributed by atoms with van der Waals surface area (Å²) in [6.45, 7) is 6.47. The molecule has 2 rings (SSSR count). The molecule has 0 spiro atoms. The number of aliphatic imine (C=N–C) groups is 1. The molecule has 150 valence electrons. The molecule has 8 heteroatoms. The Morgan fingerprint density at radius 2 is 1.92 bits per heavy atom. The van der Waals surface area contributed by atoms with E-state index in [2.05, 4.69) is 20.9 Å². The molecule has 2 aliphatic rings. The lowest BCUT2D eigenvalue weighted by molar-refractivity contribution is -0.130. The van der Waals surface area contributed by atoms with Crippen LogP contribution >= 0.6 is 24.0 Å². The first-order valence-corrected chi connectivity index (χ1v) is 9.78. The van der Waals surface area contributed by atoms with E-state index in [1.54, 1.807) is 0 Å². The monoisotopic (exact) mass is 479 g/mol. The Balaban J connectivity index is 0.00000338. The highest BCUT2D eigenvalue weighted by Gasteiger charge is 2.28. The molecule has 0 aromatic carbocycles. The molecule has 0 unspecified atom stereocenters. The molecule has 2 fully saturated rings. The molecule has 7 nitrogen and oxygen atoms in total. The van der Waals surface area contributed by atoms with E-state index in [1.807, 2.05) is 11.8 Å². The molecule has 3 N–H and O–H groups in total. The van der Waals surface area contributed by atoms with Gasteiger partial charge in [-0.25, -0.2) is 0 Å². The van der Waals surface area contributed by atoms with Crippen LogP contribution in [-0.4, -0.2) is 61.9 Å². The molecular weight excluding hydrogens is 445 g/mol. The van der Waals surface area contributed by atoms with Crippen molar-refractivity contribution in [3.8, 4) is 0 Å². The molecule has 1 aliphatic carbocycles. The Hall–Kier alpha value is -1.06. The molecule has 1 heterocycles. The fourth-order valence-electron chi connectivity index (χ4n) is 2.93. The van der Waals surface area contributed by atoms with Gasteiger partial charge in [-0.1, -0.05) is 6.42 Å². The second-order valence-corrected chi connectivity index (χ2v) is 6.80. The summed E-state index contributed by atoms with van der Waals surface area (Å²) in [5.41, 5.74) is 0. The number of carbonyl (C=O) groups excluding carboxylic acids is 2. The average Bonchev–Trinajstić information content (AvgIpc) is 3.44. The summed E-state index contributed by atoms with van der Waals surface area (Å²) in [6.07, 6.45) is 6.93. The van der Waals surface area contributed by atoms with Crippen LogP contribution in [0, 0.1) is 5.92 Å². The van der Waals surface area contributed by atoms with E-state index in [1.165, 1.54) is 0 Å². The third kappa shape index (κ3) is 9.05. The minimum atomic E-state index is 0. The van der Waals surface area contributed by atoms with Crippen molar-refractivity contribution in [2.45, 2.75) is 51.9 Å². The number of nitrogens with zero attached hydrogens (tertiary/aromatic N) is 2. The maximum atomic E-state index is 12.0. The summed E-state index contributed by atoms with van der Waals surface area (Å²) < 4.78 is 0. The van der Waals surface area contributed by atoms with E-state index in [0.717, 1.165) is 64.1 Å². The third-order valence-electron chi connectivity index (χ3n) is 4.54. The zero-order valence-corrected chi connectivity index (χ0v) is 18.2. The van der Waals surface area contributed by atoms with Crippen molar-refractivity contribution < 1.29 is 9.59 Å². The second kappa shape index (κ2) is 13.2. The number of halogens is 1. The number of amides is 2. The van der Waals surface area contributed by atoms with Gasteiger partial charge in [0.25, 0.3) is 0 Å². The van der Waals surface area contributed by atoms with Crippen LogP contribution in [0.3, 0.4) is 0 Å². The molecule has 1 saturated heterocycles. The Labute approximate surface area is 174 Å². The molecule has 0 atom stereocenters. The van der Waals surface area contributed by atoms with Crippen LogP contribution in [0.4, 0.5) is 0 Å². The van der Waals surface area contributed by atoms with Crippen molar-refractivity contribution >= 4 is 41.8 Å². The first-order chi connectivity index (χ1) is 12.2. The third-order valence-corrected chi connectivity index (χ3v) is 4.54. The molecule has 2 amide bonds. The fourth-order valence-corrected chi connectivity index (χ4v) is 2.93. The Morgan fingerprint density at radius 3 is 2.65 bits per heavy atom. The summed E-state index contributed by atoms with van der Waals surface area (Å²) >= 11 is 0. The van der Waals surface area contributed by atoms with Crippen LogP contribution in [0.15, 0.2) is 4.99 Å². The lowest BCUT2D eigenvalue weighted by Crippen LogP contribution is -2.42. The SMILES string of the molecule is CCNC(=NCCCN1CCCCCC1=O)NCCNC(=O)C1CC1.I. The van der Waals surface area contributed by atoms with Gasteiger partial charge in [0.05, 0.1) is 0 Å². The van der Waals surface area contributed by atoms with Crippen LogP contribution < -0.4 is 16.0 Å². The normalized spacial score (nSPS) is 18.0. The van der Waals surface area contributed by atoms with Crippen molar-refractivity contribution in [3.63, 3.8) is 0 Å². The second-order valence-electron chi connectivity index (χ2n) is 6.80. The number of carbonyl (C=O) groups is 2. The van der Waals surface area contributed by atoms with Gasteiger partial charge < -0.3 is 20.9 Å². The number of rotatable bonds is 9. The van der Waals surface area contributed by atoms with Crippen LogP contribution in [0.5, 0.6) is 0 Å². The molecular formula is C18H34IN5O2. The van der Waals surface area contributed by atoms with E-state index in [0.29, 0.717) is 26.1 Å². The highest BCUT2D eigenvalue weighted by molar-refractivity contribution is 14.0. The van der Waals surface area contributed by atoms with Gasteiger partial charge in [-0.2, -0.15) is 0 Å². The van der Waals surface area contributed by atoms with E-state index >= 15 is 0 Å². The van der Waals surface area contributed by atoms with Crippen molar-refractivity contribution in [1.82, 2.24) is 20.9 Å². The van der Waals surface area contributed by atoms with E-state index < -0.39 is 0 Å². The van der Waals surface area contributed by atoms with Crippen molar-refractivity contribution in [2.24, 2.45) is 10.9 Å². The summed E-state index contributed by atoms with van der Waals surface area (Å²) in [6, 6.07) is 0. The molecule has 26 heavy (non-hydrogen) atoms. The van der Waals surface area contributed by atoms with Gasteiger partial charge in [0.1, 0.15) is 0 Å². The molecule has 0 aromatic rings. The zero-order valence-electron chi connectivity index (χ0n) is 15.9. The van der Waals surface area contributed by atoms with Crippen LogP contribution in [0.25, 0.3) is 0 Å². The Morgan fingerprint density at radius 1 is 1.15 bits per heavy atom. The first-order valence-electron chi connectivity index (χ1n) is 9.78. The largest absolute Gasteiger partial charge is 0.357 e. The standard InChI is InChI=1S/C18H33N5O2.HI/c1-2-19-18(22-12-11-20-17(25)15-8-9-15)21-10-6-14-23-13-5-3-4-7-16(23)24;/h15H,2-14H2,1H3,(H,20,25)(H2,19,21,22);1H.